The van der Waals surface area contributed by atoms with Crippen molar-refractivity contribution in [3.05, 3.63) is 59.9 Å². The van der Waals surface area contributed by atoms with Crippen LogP contribution < -0.4 is 4.90 Å². The lowest BCUT2D eigenvalue weighted by Crippen LogP contribution is -2.28. The van der Waals surface area contributed by atoms with E-state index in [4.69, 9.17) is 4.99 Å². The molecule has 1 saturated heterocycles. The van der Waals surface area contributed by atoms with Gasteiger partial charge in [-0.15, -0.1) is 0 Å². The molecule has 4 rings (SSSR count). The zero-order valence-electron chi connectivity index (χ0n) is 14.3. The zero-order chi connectivity index (χ0) is 16.7. The molecule has 3 atom stereocenters. The molecule has 1 aromatic heterocycles. The molecular formula is C19H22N4S. The smallest absolute Gasteiger partial charge is 0.160 e. The molecule has 0 aliphatic carbocycles. The van der Waals surface area contributed by atoms with Crippen molar-refractivity contribution in [3.8, 4) is 0 Å². The van der Waals surface area contributed by atoms with E-state index in [9.17, 15) is 0 Å². The van der Waals surface area contributed by atoms with Crippen LogP contribution in [0.15, 0.2) is 53.7 Å². The second-order valence-electron chi connectivity index (χ2n) is 6.62. The van der Waals surface area contributed by atoms with Crippen molar-refractivity contribution in [1.29, 1.82) is 0 Å². The van der Waals surface area contributed by atoms with Crippen molar-refractivity contribution in [3.63, 3.8) is 0 Å². The van der Waals surface area contributed by atoms with Crippen LogP contribution in [-0.2, 0) is 0 Å². The Balaban J connectivity index is 1.72. The van der Waals surface area contributed by atoms with Crippen molar-refractivity contribution < 1.29 is 0 Å². The molecule has 2 aliphatic rings. The van der Waals surface area contributed by atoms with Crippen molar-refractivity contribution in [2.24, 2.45) is 4.99 Å². The topological polar surface area (TPSA) is 31.7 Å². The summed E-state index contributed by atoms with van der Waals surface area (Å²) in [5.41, 5.74) is 3.58. The first-order valence-electron chi connectivity index (χ1n) is 8.33. The van der Waals surface area contributed by atoms with Crippen LogP contribution in [0.25, 0.3) is 0 Å². The fraction of sp³-hybridized carbons (Fsp3) is 0.368. The van der Waals surface area contributed by atoms with E-state index in [1.165, 1.54) is 16.4 Å². The number of nitrogens with zero attached hydrogens (tertiary/aromatic N) is 4. The van der Waals surface area contributed by atoms with Gasteiger partial charge in [-0.05, 0) is 29.8 Å². The Morgan fingerprint density at radius 1 is 1.12 bits per heavy atom. The Hall–Kier alpha value is -2.01. The number of fused-ring (bicyclic) bond motifs is 1. The van der Waals surface area contributed by atoms with Gasteiger partial charge in [-0.2, -0.15) is 0 Å². The van der Waals surface area contributed by atoms with Crippen LogP contribution in [-0.4, -0.2) is 40.9 Å². The van der Waals surface area contributed by atoms with Gasteiger partial charge in [0.1, 0.15) is 6.04 Å². The van der Waals surface area contributed by atoms with Crippen LogP contribution in [0.4, 0.5) is 5.69 Å². The van der Waals surface area contributed by atoms with E-state index in [1.54, 1.807) is 0 Å². The molecule has 2 aromatic rings. The van der Waals surface area contributed by atoms with E-state index in [0.717, 1.165) is 12.2 Å². The number of hydrogen-bond acceptors (Lipinski definition) is 5. The molecule has 3 heterocycles. The maximum atomic E-state index is 5.02. The molecule has 0 saturated carbocycles. The highest BCUT2D eigenvalue weighted by Gasteiger charge is 2.43. The highest BCUT2D eigenvalue weighted by Crippen LogP contribution is 2.47. The molecule has 2 aliphatic heterocycles. The van der Waals surface area contributed by atoms with Crippen LogP contribution in [0.2, 0.25) is 0 Å². The summed E-state index contributed by atoms with van der Waals surface area (Å²) in [5.74, 6) is 0. The van der Waals surface area contributed by atoms with Crippen LogP contribution in [0.1, 0.15) is 30.3 Å². The summed E-state index contributed by atoms with van der Waals surface area (Å²) < 4.78 is 0. The third kappa shape index (κ3) is 2.67. The molecule has 0 bridgehead atoms. The molecule has 5 heteroatoms. The van der Waals surface area contributed by atoms with E-state index in [1.807, 2.05) is 30.1 Å². The minimum Gasteiger partial charge on any atom is -0.378 e. The summed E-state index contributed by atoms with van der Waals surface area (Å²) in [7, 11) is 4.14. The van der Waals surface area contributed by atoms with Crippen LogP contribution in [0.5, 0.6) is 0 Å². The normalized spacial score (nSPS) is 25.5. The summed E-state index contributed by atoms with van der Waals surface area (Å²) in [4.78, 5) is 14.2. The maximum absolute atomic E-state index is 5.02. The molecule has 4 nitrogen and oxygen atoms in total. The SMILES string of the molecule is CC1CN2C(=NC(c3ccccn3)C2c2ccc(N(C)C)cc2)S1. The van der Waals surface area contributed by atoms with Crippen LogP contribution in [0, 0.1) is 0 Å². The fourth-order valence-electron chi connectivity index (χ4n) is 3.45. The average Bonchev–Trinajstić information content (AvgIpc) is 3.11. The number of pyridine rings is 1. The molecule has 3 unspecified atom stereocenters. The number of thioether (sulfide) groups is 1. The van der Waals surface area contributed by atoms with Crippen molar-refractivity contribution >= 4 is 22.6 Å². The summed E-state index contributed by atoms with van der Waals surface area (Å²) in [6.07, 6.45) is 1.86. The monoisotopic (exact) mass is 338 g/mol. The summed E-state index contributed by atoms with van der Waals surface area (Å²) in [5, 5.41) is 1.76. The zero-order valence-corrected chi connectivity index (χ0v) is 15.1. The second-order valence-corrected chi connectivity index (χ2v) is 8.03. The second kappa shape index (κ2) is 6.13. The van der Waals surface area contributed by atoms with Gasteiger partial charge in [0.25, 0.3) is 0 Å². The maximum Gasteiger partial charge on any atom is 0.160 e. The first-order chi connectivity index (χ1) is 11.6. The first-order valence-corrected chi connectivity index (χ1v) is 9.21. The average molecular weight is 338 g/mol. The molecule has 1 fully saturated rings. The number of amidine groups is 1. The Kier molecular flexibility index (Phi) is 3.96. The predicted molar refractivity (Wildman–Crippen MR) is 102 cm³/mol. The van der Waals surface area contributed by atoms with E-state index in [0.29, 0.717) is 5.25 Å². The highest BCUT2D eigenvalue weighted by atomic mass is 32.2. The first kappa shape index (κ1) is 15.5. The minimum absolute atomic E-state index is 0.0754. The lowest BCUT2D eigenvalue weighted by atomic mass is 9.96. The van der Waals surface area contributed by atoms with E-state index in [-0.39, 0.29) is 12.1 Å². The summed E-state index contributed by atoms with van der Waals surface area (Å²) in [6.45, 7) is 3.32. The van der Waals surface area contributed by atoms with Gasteiger partial charge in [-0.25, -0.2) is 0 Å². The number of anilines is 1. The van der Waals surface area contributed by atoms with Gasteiger partial charge in [0.15, 0.2) is 5.17 Å². The van der Waals surface area contributed by atoms with Crippen molar-refractivity contribution in [1.82, 2.24) is 9.88 Å². The standard InChI is InChI=1S/C19H22N4S/c1-13-12-23-18(14-7-9-15(10-8-14)22(2)3)17(21-19(23)24-13)16-6-4-5-11-20-16/h4-11,13,17-18H,12H2,1-3H3. The van der Waals surface area contributed by atoms with E-state index in [2.05, 4.69) is 66.1 Å². The molecule has 0 radical (unpaired) electrons. The number of benzene rings is 1. The Morgan fingerprint density at radius 2 is 1.92 bits per heavy atom. The fourth-order valence-corrected chi connectivity index (χ4v) is 4.54. The lowest BCUT2D eigenvalue weighted by molar-refractivity contribution is 0.321. The van der Waals surface area contributed by atoms with Crippen molar-refractivity contribution in [2.75, 3.05) is 25.5 Å². The van der Waals surface area contributed by atoms with Gasteiger partial charge >= 0.3 is 0 Å². The Bertz CT molecular complexity index is 742. The number of aliphatic imine (C=N–C) groups is 1. The molecule has 1 aromatic carbocycles. The lowest BCUT2D eigenvalue weighted by Gasteiger charge is -2.27. The molecular weight excluding hydrogens is 316 g/mol. The van der Waals surface area contributed by atoms with Gasteiger partial charge < -0.3 is 9.80 Å². The van der Waals surface area contributed by atoms with Gasteiger partial charge in [0.2, 0.25) is 0 Å². The van der Waals surface area contributed by atoms with E-state index >= 15 is 0 Å². The largest absolute Gasteiger partial charge is 0.378 e. The van der Waals surface area contributed by atoms with Gasteiger partial charge in [-0.1, -0.05) is 36.9 Å². The van der Waals surface area contributed by atoms with Gasteiger partial charge in [0.05, 0.1) is 11.7 Å². The van der Waals surface area contributed by atoms with Crippen LogP contribution in [0.3, 0.4) is 0 Å². The Labute approximate surface area is 147 Å². The molecule has 0 amide bonds. The number of hydrogen-bond donors (Lipinski definition) is 0. The highest BCUT2D eigenvalue weighted by molar-refractivity contribution is 8.14. The third-order valence-corrected chi connectivity index (χ3v) is 5.73. The number of rotatable bonds is 3. The van der Waals surface area contributed by atoms with Crippen molar-refractivity contribution in [2.45, 2.75) is 24.3 Å². The molecule has 124 valence electrons. The summed E-state index contributed by atoms with van der Waals surface area (Å²) in [6, 6.07) is 15.3. The quantitative estimate of drug-likeness (QED) is 0.853. The molecule has 24 heavy (non-hydrogen) atoms. The predicted octanol–water partition coefficient (Wildman–Crippen LogP) is 3.74. The van der Waals surface area contributed by atoms with Gasteiger partial charge in [0, 0.05) is 37.8 Å². The van der Waals surface area contributed by atoms with Gasteiger partial charge in [-0.3, -0.25) is 9.98 Å². The summed E-state index contributed by atoms with van der Waals surface area (Å²) >= 11 is 1.88. The van der Waals surface area contributed by atoms with E-state index < -0.39 is 0 Å². The van der Waals surface area contributed by atoms with Crippen LogP contribution >= 0.6 is 11.8 Å². The Morgan fingerprint density at radius 3 is 2.58 bits per heavy atom. The molecule has 0 spiro atoms. The third-order valence-electron chi connectivity index (χ3n) is 4.63. The minimum atomic E-state index is 0.0754. The number of aromatic nitrogens is 1. The molecule has 0 N–H and O–H groups in total.